The Hall–Kier alpha value is -2.77. The van der Waals surface area contributed by atoms with E-state index in [0.29, 0.717) is 56.2 Å². The normalized spacial score (nSPS) is 17.8. The van der Waals surface area contributed by atoms with Gasteiger partial charge in [-0.3, -0.25) is 9.59 Å². The Bertz CT molecular complexity index is 808. The van der Waals surface area contributed by atoms with Crippen LogP contribution in [0.2, 0.25) is 0 Å². The van der Waals surface area contributed by atoms with Gasteiger partial charge in [-0.2, -0.15) is 0 Å². The van der Waals surface area contributed by atoms with E-state index in [-0.39, 0.29) is 17.6 Å². The fraction of sp³-hybridized carbons (Fsp3) is 0.591. The number of carbonyl (C=O) groups is 3. The summed E-state index contributed by atoms with van der Waals surface area (Å²) >= 11 is 0. The van der Waals surface area contributed by atoms with Crippen molar-refractivity contribution in [3.63, 3.8) is 0 Å². The molecule has 3 rings (SSSR count). The number of alkyl carbamates (subject to hydrolysis) is 1. The molecule has 1 atom stereocenters. The molecule has 8 nitrogen and oxygen atoms in total. The van der Waals surface area contributed by atoms with Crippen molar-refractivity contribution in [2.24, 2.45) is 5.92 Å². The lowest BCUT2D eigenvalue weighted by molar-refractivity contribution is -0.134. The first-order valence-electron chi connectivity index (χ1n) is 10.4. The molecule has 0 spiro atoms. The highest BCUT2D eigenvalue weighted by molar-refractivity contribution is 5.98. The molecule has 1 unspecified atom stereocenters. The zero-order chi connectivity index (χ0) is 21.9. The van der Waals surface area contributed by atoms with Gasteiger partial charge >= 0.3 is 6.09 Å². The average molecular weight is 418 g/mol. The molecule has 1 aromatic rings. The number of piperidine rings is 1. The van der Waals surface area contributed by atoms with Gasteiger partial charge in [0.2, 0.25) is 5.91 Å². The molecule has 2 amide bonds. The van der Waals surface area contributed by atoms with Crippen molar-refractivity contribution in [1.29, 1.82) is 0 Å². The quantitative estimate of drug-likeness (QED) is 0.756. The molecular weight excluding hydrogens is 388 g/mol. The number of amides is 2. The Labute approximate surface area is 176 Å². The molecule has 30 heavy (non-hydrogen) atoms. The fourth-order valence-corrected chi connectivity index (χ4v) is 3.61. The van der Waals surface area contributed by atoms with Crippen LogP contribution in [0.4, 0.5) is 4.79 Å². The summed E-state index contributed by atoms with van der Waals surface area (Å²) in [5.74, 6) is 0.988. The molecule has 0 aromatic heterocycles. The molecule has 1 aromatic carbocycles. The third-order valence-electron chi connectivity index (χ3n) is 5.11. The predicted octanol–water partition coefficient (Wildman–Crippen LogP) is 2.79. The van der Waals surface area contributed by atoms with Gasteiger partial charge in [-0.1, -0.05) is 0 Å². The maximum Gasteiger partial charge on any atom is 0.408 e. The lowest BCUT2D eigenvalue weighted by Crippen LogP contribution is -2.50. The van der Waals surface area contributed by atoms with Crippen LogP contribution in [0.1, 0.15) is 50.9 Å². The van der Waals surface area contributed by atoms with Gasteiger partial charge in [0, 0.05) is 24.6 Å². The monoisotopic (exact) mass is 418 g/mol. The summed E-state index contributed by atoms with van der Waals surface area (Å²) in [4.78, 5) is 39.1. The molecule has 2 aliphatic heterocycles. The Morgan fingerprint density at radius 3 is 2.37 bits per heavy atom. The van der Waals surface area contributed by atoms with Crippen LogP contribution in [0.5, 0.6) is 11.5 Å². The Morgan fingerprint density at radius 1 is 1.10 bits per heavy atom. The third-order valence-corrected chi connectivity index (χ3v) is 5.11. The molecule has 164 valence electrons. The van der Waals surface area contributed by atoms with Crippen LogP contribution >= 0.6 is 0 Å². The molecule has 2 heterocycles. The van der Waals surface area contributed by atoms with E-state index in [0.717, 1.165) is 0 Å². The van der Waals surface area contributed by atoms with E-state index >= 15 is 0 Å². The molecule has 1 N–H and O–H groups in total. The summed E-state index contributed by atoms with van der Waals surface area (Å²) in [7, 11) is 0. The van der Waals surface area contributed by atoms with Crippen LogP contribution in [-0.2, 0) is 9.53 Å². The molecular formula is C22H30N2O6. The maximum atomic E-state index is 12.9. The highest BCUT2D eigenvalue weighted by atomic mass is 16.6. The van der Waals surface area contributed by atoms with Gasteiger partial charge in [0.1, 0.15) is 24.9 Å². The summed E-state index contributed by atoms with van der Waals surface area (Å²) in [6, 6.07) is 4.58. The summed E-state index contributed by atoms with van der Waals surface area (Å²) in [5, 5.41) is 2.58. The molecule has 0 saturated carbocycles. The van der Waals surface area contributed by atoms with Crippen molar-refractivity contribution in [3.05, 3.63) is 23.8 Å². The Balaban J connectivity index is 1.52. The van der Waals surface area contributed by atoms with E-state index in [4.69, 9.17) is 14.2 Å². The first-order valence-corrected chi connectivity index (χ1v) is 10.4. The Morgan fingerprint density at radius 2 is 1.73 bits per heavy atom. The van der Waals surface area contributed by atoms with E-state index in [2.05, 4.69) is 5.32 Å². The van der Waals surface area contributed by atoms with Gasteiger partial charge in [0.15, 0.2) is 17.3 Å². The number of rotatable bonds is 4. The first kappa shape index (κ1) is 21.9. The van der Waals surface area contributed by atoms with E-state index < -0.39 is 17.7 Å². The van der Waals surface area contributed by atoms with Crippen LogP contribution in [0, 0.1) is 5.92 Å². The molecule has 2 aliphatic rings. The molecule has 8 heteroatoms. The van der Waals surface area contributed by atoms with Gasteiger partial charge in [0.05, 0.1) is 0 Å². The highest BCUT2D eigenvalue weighted by Gasteiger charge is 2.31. The van der Waals surface area contributed by atoms with Gasteiger partial charge in [-0.25, -0.2) is 4.79 Å². The van der Waals surface area contributed by atoms with E-state index in [1.807, 2.05) is 0 Å². The number of hydrogen-bond acceptors (Lipinski definition) is 6. The zero-order valence-electron chi connectivity index (χ0n) is 18.0. The van der Waals surface area contributed by atoms with Crippen molar-refractivity contribution < 1.29 is 28.6 Å². The first-order chi connectivity index (χ1) is 14.1. The number of carbonyl (C=O) groups excluding carboxylic acids is 3. The largest absolute Gasteiger partial charge is 0.486 e. The summed E-state index contributed by atoms with van der Waals surface area (Å²) in [6.45, 7) is 8.86. The summed E-state index contributed by atoms with van der Waals surface area (Å²) in [5.41, 5.74) is -0.0247. The van der Waals surface area contributed by atoms with Crippen molar-refractivity contribution in [3.8, 4) is 11.5 Å². The average Bonchev–Trinajstić information content (AvgIpc) is 2.71. The SMILES string of the molecule is CC(NC(=O)OC(C)(C)C)C(=O)N1CCC(C(=O)c2ccc3c(c2)OCCO3)CC1. The lowest BCUT2D eigenvalue weighted by atomic mass is 9.88. The van der Waals surface area contributed by atoms with Gasteiger partial charge in [-0.05, 0) is 58.7 Å². The van der Waals surface area contributed by atoms with Crippen molar-refractivity contribution >= 4 is 17.8 Å². The molecule has 0 radical (unpaired) electrons. The van der Waals surface area contributed by atoms with Crippen LogP contribution < -0.4 is 14.8 Å². The van der Waals surface area contributed by atoms with Gasteiger partial charge in [-0.15, -0.1) is 0 Å². The summed E-state index contributed by atoms with van der Waals surface area (Å²) in [6.07, 6.45) is 0.545. The van der Waals surface area contributed by atoms with Crippen LogP contribution in [0.25, 0.3) is 0 Å². The highest BCUT2D eigenvalue weighted by Crippen LogP contribution is 2.32. The number of likely N-dealkylation sites (tertiary alicyclic amines) is 1. The minimum absolute atomic E-state index is 0.0546. The van der Waals surface area contributed by atoms with E-state index in [1.165, 1.54) is 0 Å². The smallest absolute Gasteiger partial charge is 0.408 e. The minimum Gasteiger partial charge on any atom is -0.486 e. The number of ketones is 1. The second kappa shape index (κ2) is 8.93. The lowest BCUT2D eigenvalue weighted by Gasteiger charge is -2.33. The maximum absolute atomic E-state index is 12.9. The number of Topliss-reactive ketones (excluding diaryl/α,β-unsaturated/α-hetero) is 1. The zero-order valence-corrected chi connectivity index (χ0v) is 18.0. The number of hydrogen-bond donors (Lipinski definition) is 1. The van der Waals surface area contributed by atoms with Gasteiger partial charge in [0.25, 0.3) is 0 Å². The number of benzene rings is 1. The molecule has 1 saturated heterocycles. The number of nitrogens with zero attached hydrogens (tertiary/aromatic N) is 1. The van der Waals surface area contributed by atoms with Crippen LogP contribution in [-0.4, -0.2) is 60.6 Å². The standard InChI is InChI=1S/C22H30N2O6/c1-14(23-21(27)30-22(2,3)4)20(26)24-9-7-15(8-10-24)19(25)16-5-6-17-18(13-16)29-12-11-28-17/h5-6,13-15H,7-12H2,1-4H3,(H,23,27). The van der Waals surface area contributed by atoms with E-state index in [9.17, 15) is 14.4 Å². The van der Waals surface area contributed by atoms with Crippen molar-refractivity contribution in [2.75, 3.05) is 26.3 Å². The van der Waals surface area contributed by atoms with Gasteiger partial charge < -0.3 is 24.4 Å². The third kappa shape index (κ3) is 5.43. The van der Waals surface area contributed by atoms with Crippen LogP contribution in [0.15, 0.2) is 18.2 Å². The molecule has 1 fully saturated rings. The van der Waals surface area contributed by atoms with Crippen molar-refractivity contribution in [1.82, 2.24) is 10.2 Å². The second-order valence-corrected chi connectivity index (χ2v) is 8.69. The number of ether oxygens (including phenoxy) is 3. The van der Waals surface area contributed by atoms with Crippen molar-refractivity contribution in [2.45, 2.75) is 52.2 Å². The predicted molar refractivity (Wildman–Crippen MR) is 110 cm³/mol. The van der Waals surface area contributed by atoms with Crippen LogP contribution in [0.3, 0.4) is 0 Å². The molecule has 0 bridgehead atoms. The fourth-order valence-electron chi connectivity index (χ4n) is 3.61. The topological polar surface area (TPSA) is 94.2 Å². The Kier molecular flexibility index (Phi) is 6.53. The minimum atomic E-state index is -0.690. The number of nitrogens with one attached hydrogen (secondary N) is 1. The second-order valence-electron chi connectivity index (χ2n) is 8.69. The van der Waals surface area contributed by atoms with E-state index in [1.54, 1.807) is 50.8 Å². The molecule has 0 aliphatic carbocycles. The number of fused-ring (bicyclic) bond motifs is 1. The summed E-state index contributed by atoms with van der Waals surface area (Å²) < 4.78 is 16.3.